The molecule has 0 aliphatic heterocycles. The molecule has 16 heavy (non-hydrogen) atoms. The van der Waals surface area contributed by atoms with Crippen molar-refractivity contribution in [2.45, 2.75) is 6.92 Å². The second-order valence-electron chi connectivity index (χ2n) is 3.52. The zero-order valence-corrected chi connectivity index (χ0v) is 10.2. The van der Waals surface area contributed by atoms with Crippen LogP contribution in [0.4, 0.5) is 5.82 Å². The van der Waals surface area contributed by atoms with E-state index in [1.807, 2.05) is 22.9 Å². The number of aromatic nitrogens is 2. The van der Waals surface area contributed by atoms with Crippen molar-refractivity contribution in [2.24, 2.45) is 0 Å². The van der Waals surface area contributed by atoms with Gasteiger partial charge in [-0.1, -0.05) is 0 Å². The molecule has 80 valence electrons. The van der Waals surface area contributed by atoms with Gasteiger partial charge in [-0.05, 0) is 24.4 Å². The van der Waals surface area contributed by atoms with E-state index in [1.165, 1.54) is 4.88 Å². The van der Waals surface area contributed by atoms with Crippen LogP contribution in [0.5, 0.6) is 0 Å². The van der Waals surface area contributed by atoms with Crippen LogP contribution in [0.2, 0.25) is 0 Å². The van der Waals surface area contributed by atoms with Crippen LogP contribution < -0.4 is 5.73 Å². The molecule has 3 aromatic heterocycles. The maximum Gasteiger partial charge on any atom is 0.163 e. The lowest BCUT2D eigenvalue weighted by Gasteiger charge is -1.99. The second kappa shape index (κ2) is 3.54. The molecule has 5 heteroatoms. The Kier molecular flexibility index (Phi) is 2.15. The fourth-order valence-electron chi connectivity index (χ4n) is 1.58. The minimum absolute atomic E-state index is 0.565. The summed E-state index contributed by atoms with van der Waals surface area (Å²) in [5.41, 5.74) is 6.97. The van der Waals surface area contributed by atoms with Gasteiger partial charge in [0.05, 0.1) is 5.39 Å². The van der Waals surface area contributed by atoms with Gasteiger partial charge in [-0.15, -0.1) is 11.3 Å². The van der Waals surface area contributed by atoms with Crippen molar-refractivity contribution in [3.8, 4) is 11.4 Å². The van der Waals surface area contributed by atoms with E-state index in [9.17, 15) is 0 Å². The Bertz CT molecular complexity index is 641. The predicted molar refractivity (Wildman–Crippen MR) is 69.9 cm³/mol. The summed E-state index contributed by atoms with van der Waals surface area (Å²) in [4.78, 5) is 11.0. The SMILES string of the molecule is Cc1cc2c(N)nc(-c3ccsc3)nc2s1. The van der Waals surface area contributed by atoms with E-state index in [4.69, 9.17) is 5.73 Å². The molecule has 0 unspecified atom stereocenters. The normalized spacial score (nSPS) is 11.1. The van der Waals surface area contributed by atoms with Crippen molar-refractivity contribution in [3.05, 3.63) is 27.8 Å². The summed E-state index contributed by atoms with van der Waals surface area (Å²) < 4.78 is 0. The summed E-state index contributed by atoms with van der Waals surface area (Å²) in [6, 6.07) is 4.04. The van der Waals surface area contributed by atoms with Gasteiger partial charge in [-0.2, -0.15) is 11.3 Å². The summed E-state index contributed by atoms with van der Waals surface area (Å²) in [6.45, 7) is 2.05. The van der Waals surface area contributed by atoms with E-state index in [-0.39, 0.29) is 0 Å². The third-order valence-corrected chi connectivity index (χ3v) is 3.95. The lowest BCUT2D eigenvalue weighted by atomic mass is 10.3. The Morgan fingerprint density at radius 1 is 1.31 bits per heavy atom. The predicted octanol–water partition coefficient (Wildman–Crippen LogP) is 3.31. The number of fused-ring (bicyclic) bond motifs is 1. The molecule has 0 bridgehead atoms. The molecule has 3 nitrogen and oxygen atoms in total. The van der Waals surface area contributed by atoms with Crippen LogP contribution >= 0.6 is 22.7 Å². The Hall–Kier alpha value is -1.46. The third kappa shape index (κ3) is 1.48. The van der Waals surface area contributed by atoms with E-state index in [0.29, 0.717) is 11.6 Å². The number of rotatable bonds is 1. The maximum absolute atomic E-state index is 5.94. The molecular weight excluding hydrogens is 238 g/mol. The third-order valence-electron chi connectivity index (χ3n) is 2.32. The largest absolute Gasteiger partial charge is 0.383 e. The highest BCUT2D eigenvalue weighted by molar-refractivity contribution is 7.18. The van der Waals surface area contributed by atoms with Crippen LogP contribution in [0, 0.1) is 6.92 Å². The molecule has 0 fully saturated rings. The first-order chi connectivity index (χ1) is 7.74. The average molecular weight is 247 g/mol. The van der Waals surface area contributed by atoms with Crippen molar-refractivity contribution in [1.29, 1.82) is 0 Å². The summed E-state index contributed by atoms with van der Waals surface area (Å²) in [5.74, 6) is 1.28. The number of thiophene rings is 2. The van der Waals surface area contributed by atoms with Gasteiger partial charge in [0.1, 0.15) is 10.6 Å². The number of nitrogen functional groups attached to an aromatic ring is 1. The van der Waals surface area contributed by atoms with E-state index < -0.39 is 0 Å². The van der Waals surface area contributed by atoms with Gasteiger partial charge in [0.25, 0.3) is 0 Å². The second-order valence-corrected chi connectivity index (χ2v) is 5.54. The van der Waals surface area contributed by atoms with Gasteiger partial charge in [-0.25, -0.2) is 9.97 Å². The molecule has 3 heterocycles. The molecule has 0 aliphatic rings. The highest BCUT2D eigenvalue weighted by Crippen LogP contribution is 2.29. The Balaban J connectivity index is 2.28. The number of hydrogen-bond acceptors (Lipinski definition) is 5. The number of nitrogens with two attached hydrogens (primary N) is 1. The van der Waals surface area contributed by atoms with Crippen LogP contribution in [-0.2, 0) is 0 Å². The minimum atomic E-state index is 0.565. The smallest absolute Gasteiger partial charge is 0.163 e. The van der Waals surface area contributed by atoms with E-state index in [2.05, 4.69) is 16.9 Å². The van der Waals surface area contributed by atoms with Crippen LogP contribution in [0.25, 0.3) is 21.6 Å². The molecule has 0 aliphatic carbocycles. The summed E-state index contributed by atoms with van der Waals surface area (Å²) in [5, 5.41) is 5.00. The van der Waals surface area contributed by atoms with Crippen LogP contribution in [0.1, 0.15) is 4.88 Å². The average Bonchev–Trinajstić information content (AvgIpc) is 2.84. The minimum Gasteiger partial charge on any atom is -0.383 e. The zero-order valence-electron chi connectivity index (χ0n) is 8.60. The Labute approximate surface area is 101 Å². The standard InChI is InChI=1S/C11H9N3S2/c1-6-4-8-9(12)13-10(14-11(8)16-6)7-2-3-15-5-7/h2-5H,1H3,(H2,12,13,14). The number of hydrogen-bond donors (Lipinski definition) is 1. The number of nitrogens with zero attached hydrogens (tertiary/aromatic N) is 2. The van der Waals surface area contributed by atoms with Gasteiger partial charge >= 0.3 is 0 Å². The first-order valence-electron chi connectivity index (χ1n) is 4.80. The first-order valence-corrected chi connectivity index (χ1v) is 6.56. The molecule has 3 rings (SSSR count). The summed E-state index contributed by atoms with van der Waals surface area (Å²) >= 11 is 3.28. The lowest BCUT2D eigenvalue weighted by Crippen LogP contribution is -1.95. The highest BCUT2D eigenvalue weighted by atomic mass is 32.1. The molecule has 0 spiro atoms. The van der Waals surface area contributed by atoms with Crippen molar-refractivity contribution in [3.63, 3.8) is 0 Å². The van der Waals surface area contributed by atoms with Gasteiger partial charge in [0.15, 0.2) is 5.82 Å². The fourth-order valence-corrected chi connectivity index (χ4v) is 3.11. The van der Waals surface area contributed by atoms with Crippen LogP contribution in [0.15, 0.2) is 22.9 Å². The highest BCUT2D eigenvalue weighted by Gasteiger charge is 2.09. The number of anilines is 1. The summed E-state index contributed by atoms with van der Waals surface area (Å²) in [6.07, 6.45) is 0. The van der Waals surface area contributed by atoms with Crippen molar-refractivity contribution in [2.75, 3.05) is 5.73 Å². The summed E-state index contributed by atoms with van der Waals surface area (Å²) in [7, 11) is 0. The molecule has 0 saturated heterocycles. The van der Waals surface area contributed by atoms with Gasteiger partial charge < -0.3 is 5.73 Å². The quantitative estimate of drug-likeness (QED) is 0.717. The molecule has 0 radical (unpaired) electrons. The van der Waals surface area contributed by atoms with Crippen LogP contribution in [0.3, 0.4) is 0 Å². The van der Waals surface area contributed by atoms with Gasteiger partial charge in [-0.3, -0.25) is 0 Å². The van der Waals surface area contributed by atoms with E-state index in [1.54, 1.807) is 22.7 Å². The van der Waals surface area contributed by atoms with Crippen molar-refractivity contribution in [1.82, 2.24) is 9.97 Å². The topological polar surface area (TPSA) is 51.8 Å². The molecule has 0 atom stereocenters. The monoisotopic (exact) mass is 247 g/mol. The molecule has 0 saturated carbocycles. The van der Waals surface area contributed by atoms with Crippen molar-refractivity contribution < 1.29 is 0 Å². The lowest BCUT2D eigenvalue weighted by molar-refractivity contribution is 1.25. The number of aryl methyl sites for hydroxylation is 1. The molecule has 0 aromatic carbocycles. The Morgan fingerprint density at radius 3 is 2.94 bits per heavy atom. The molecule has 3 aromatic rings. The fraction of sp³-hybridized carbons (Fsp3) is 0.0909. The molecule has 0 amide bonds. The van der Waals surface area contributed by atoms with E-state index >= 15 is 0 Å². The van der Waals surface area contributed by atoms with Gasteiger partial charge in [0.2, 0.25) is 0 Å². The molecular formula is C11H9N3S2. The van der Waals surface area contributed by atoms with Crippen molar-refractivity contribution >= 4 is 38.7 Å². The van der Waals surface area contributed by atoms with E-state index in [0.717, 1.165) is 15.8 Å². The van der Waals surface area contributed by atoms with Crippen LogP contribution in [-0.4, -0.2) is 9.97 Å². The zero-order chi connectivity index (χ0) is 11.1. The van der Waals surface area contributed by atoms with Gasteiger partial charge in [0, 0.05) is 15.8 Å². The molecule has 2 N–H and O–H groups in total. The maximum atomic E-state index is 5.94. The Morgan fingerprint density at radius 2 is 2.19 bits per heavy atom. The first kappa shape index (κ1) is 9.74.